The summed E-state index contributed by atoms with van der Waals surface area (Å²) in [4.78, 5) is 13.6. The summed E-state index contributed by atoms with van der Waals surface area (Å²) in [6, 6.07) is 35.6. The summed E-state index contributed by atoms with van der Waals surface area (Å²) in [6.45, 7) is 0. The molecule has 0 amide bonds. The molecule has 0 atom stereocenters. The third-order valence-corrected chi connectivity index (χ3v) is 6.04. The number of hydrogen-bond acceptors (Lipinski definition) is 3. The zero-order valence-electron chi connectivity index (χ0n) is 17.3. The Morgan fingerprint density at radius 3 is 1.81 bits per heavy atom. The lowest BCUT2D eigenvalue weighted by molar-refractivity contribution is 0.102. The van der Waals surface area contributed by atoms with Gasteiger partial charge in [0.05, 0.1) is 5.75 Å². The molecule has 5 heteroatoms. The Morgan fingerprint density at radius 2 is 1.19 bits per heavy atom. The molecule has 32 heavy (non-hydrogen) atoms. The van der Waals surface area contributed by atoms with Crippen molar-refractivity contribution in [1.29, 1.82) is 0 Å². The molecule has 0 aliphatic heterocycles. The van der Waals surface area contributed by atoms with Gasteiger partial charge in [0.2, 0.25) is 0 Å². The maximum atomic E-state index is 12.6. The highest BCUT2D eigenvalue weighted by atomic mass is 32.2. The Labute approximate surface area is 197 Å². The Bertz CT molecular complexity index is 1180. The summed E-state index contributed by atoms with van der Waals surface area (Å²) in [5.41, 5.74) is 4.82. The molecule has 0 spiro atoms. The fourth-order valence-electron chi connectivity index (χ4n) is 3.16. The minimum atomic E-state index is 0.116. The highest BCUT2D eigenvalue weighted by molar-refractivity contribution is 8.00. The van der Waals surface area contributed by atoms with Crippen molar-refractivity contribution in [2.45, 2.75) is 4.90 Å². The molecule has 0 heterocycles. The van der Waals surface area contributed by atoms with Crippen molar-refractivity contribution < 1.29 is 4.79 Å². The van der Waals surface area contributed by atoms with Crippen LogP contribution in [0.3, 0.4) is 0 Å². The Kier molecular flexibility index (Phi) is 7.33. The SMILES string of the molecule is O=C(CSc1ccc(NC(=S)Nc2ccccc2)cc1)c1ccc(-c2ccccc2)cc1. The van der Waals surface area contributed by atoms with E-state index >= 15 is 0 Å². The van der Waals surface area contributed by atoms with Gasteiger partial charge in [0.25, 0.3) is 0 Å². The number of para-hydroxylation sites is 1. The number of anilines is 2. The van der Waals surface area contributed by atoms with Crippen molar-refractivity contribution >= 4 is 46.3 Å². The molecule has 0 radical (unpaired) electrons. The van der Waals surface area contributed by atoms with Gasteiger partial charge in [-0.25, -0.2) is 0 Å². The van der Waals surface area contributed by atoms with E-state index < -0.39 is 0 Å². The molecule has 0 saturated heterocycles. The number of rotatable bonds is 7. The van der Waals surface area contributed by atoms with Crippen LogP contribution in [0.1, 0.15) is 10.4 Å². The number of thioether (sulfide) groups is 1. The Morgan fingerprint density at radius 1 is 0.656 bits per heavy atom. The first-order valence-electron chi connectivity index (χ1n) is 10.2. The fourth-order valence-corrected chi connectivity index (χ4v) is 4.19. The van der Waals surface area contributed by atoms with Gasteiger partial charge in [-0.05, 0) is 59.7 Å². The van der Waals surface area contributed by atoms with Crippen LogP contribution in [0.15, 0.2) is 114 Å². The Hall–Kier alpha value is -3.41. The van der Waals surface area contributed by atoms with E-state index in [2.05, 4.69) is 22.8 Å². The predicted octanol–water partition coefficient (Wildman–Crippen LogP) is 7.14. The maximum absolute atomic E-state index is 12.6. The monoisotopic (exact) mass is 454 g/mol. The van der Waals surface area contributed by atoms with Crippen molar-refractivity contribution in [3.05, 3.63) is 115 Å². The topological polar surface area (TPSA) is 41.1 Å². The average molecular weight is 455 g/mol. The van der Waals surface area contributed by atoms with E-state index in [0.29, 0.717) is 10.9 Å². The molecule has 4 aromatic rings. The number of thiocarbonyl (C=S) groups is 1. The van der Waals surface area contributed by atoms with Crippen LogP contribution in [0, 0.1) is 0 Å². The second-order valence-electron chi connectivity index (χ2n) is 7.12. The Balaban J connectivity index is 1.28. The zero-order chi connectivity index (χ0) is 22.2. The van der Waals surface area contributed by atoms with E-state index in [9.17, 15) is 4.79 Å². The normalized spacial score (nSPS) is 10.4. The van der Waals surface area contributed by atoms with Gasteiger partial charge in [0.1, 0.15) is 0 Å². The number of nitrogens with one attached hydrogen (secondary N) is 2. The van der Waals surface area contributed by atoms with Crippen molar-refractivity contribution in [3.8, 4) is 11.1 Å². The second-order valence-corrected chi connectivity index (χ2v) is 8.58. The molecular formula is C27H22N2OS2. The summed E-state index contributed by atoms with van der Waals surface area (Å²) in [5.74, 6) is 0.510. The van der Waals surface area contributed by atoms with Gasteiger partial charge in [0.15, 0.2) is 10.9 Å². The smallest absolute Gasteiger partial charge is 0.175 e. The average Bonchev–Trinajstić information content (AvgIpc) is 2.84. The van der Waals surface area contributed by atoms with Crippen LogP contribution in [0.25, 0.3) is 11.1 Å². The van der Waals surface area contributed by atoms with Gasteiger partial charge in [-0.3, -0.25) is 4.79 Å². The molecule has 4 aromatic carbocycles. The van der Waals surface area contributed by atoms with E-state index in [1.807, 2.05) is 97.1 Å². The summed E-state index contributed by atoms with van der Waals surface area (Å²) >= 11 is 6.89. The lowest BCUT2D eigenvalue weighted by Crippen LogP contribution is -2.18. The number of carbonyl (C=O) groups is 1. The quantitative estimate of drug-likeness (QED) is 0.176. The van der Waals surface area contributed by atoms with E-state index in [1.54, 1.807) is 0 Å². The molecule has 3 nitrogen and oxygen atoms in total. The molecule has 0 unspecified atom stereocenters. The highest BCUT2D eigenvalue weighted by Gasteiger charge is 2.08. The summed E-state index contributed by atoms with van der Waals surface area (Å²) in [7, 11) is 0. The summed E-state index contributed by atoms with van der Waals surface area (Å²) in [6.07, 6.45) is 0. The summed E-state index contributed by atoms with van der Waals surface area (Å²) < 4.78 is 0. The molecule has 0 aliphatic carbocycles. The summed E-state index contributed by atoms with van der Waals surface area (Å²) in [5, 5.41) is 6.85. The molecule has 0 bridgehead atoms. The lowest BCUT2D eigenvalue weighted by atomic mass is 10.0. The van der Waals surface area contributed by atoms with Gasteiger partial charge in [-0.2, -0.15) is 0 Å². The first kappa shape index (κ1) is 21.8. The van der Waals surface area contributed by atoms with Crippen LogP contribution >= 0.6 is 24.0 Å². The molecule has 0 aliphatic rings. The highest BCUT2D eigenvalue weighted by Crippen LogP contribution is 2.23. The molecule has 0 aromatic heterocycles. The second kappa shape index (κ2) is 10.8. The van der Waals surface area contributed by atoms with Crippen LogP contribution in [0.4, 0.5) is 11.4 Å². The van der Waals surface area contributed by atoms with E-state index in [-0.39, 0.29) is 5.78 Å². The van der Waals surface area contributed by atoms with Crippen molar-refractivity contribution in [3.63, 3.8) is 0 Å². The van der Waals surface area contributed by atoms with Gasteiger partial charge in [0, 0.05) is 21.8 Å². The lowest BCUT2D eigenvalue weighted by Gasteiger charge is -2.11. The van der Waals surface area contributed by atoms with Crippen molar-refractivity contribution in [2.75, 3.05) is 16.4 Å². The van der Waals surface area contributed by atoms with Crippen LogP contribution in [0.2, 0.25) is 0 Å². The van der Waals surface area contributed by atoms with Gasteiger partial charge in [-0.15, -0.1) is 11.8 Å². The van der Waals surface area contributed by atoms with Gasteiger partial charge >= 0.3 is 0 Å². The molecule has 4 rings (SSSR count). The van der Waals surface area contributed by atoms with E-state index in [0.717, 1.165) is 33.0 Å². The number of benzene rings is 4. The number of ketones is 1. The fraction of sp³-hybridized carbons (Fsp3) is 0.0370. The molecule has 0 fully saturated rings. The number of carbonyl (C=O) groups excluding carboxylic acids is 1. The predicted molar refractivity (Wildman–Crippen MR) is 140 cm³/mol. The van der Waals surface area contributed by atoms with Crippen molar-refractivity contribution in [2.24, 2.45) is 0 Å². The van der Waals surface area contributed by atoms with E-state index in [4.69, 9.17) is 12.2 Å². The maximum Gasteiger partial charge on any atom is 0.175 e. The van der Waals surface area contributed by atoms with Gasteiger partial charge in [-0.1, -0.05) is 72.8 Å². The zero-order valence-corrected chi connectivity index (χ0v) is 19.0. The number of hydrogen-bond donors (Lipinski definition) is 2. The van der Waals surface area contributed by atoms with E-state index in [1.165, 1.54) is 11.8 Å². The van der Waals surface area contributed by atoms with Gasteiger partial charge < -0.3 is 10.6 Å². The first-order valence-corrected chi connectivity index (χ1v) is 11.6. The molecule has 2 N–H and O–H groups in total. The van der Waals surface area contributed by atoms with Crippen LogP contribution in [0.5, 0.6) is 0 Å². The first-order chi connectivity index (χ1) is 15.7. The van der Waals surface area contributed by atoms with Crippen LogP contribution < -0.4 is 10.6 Å². The van der Waals surface area contributed by atoms with Crippen molar-refractivity contribution in [1.82, 2.24) is 0 Å². The largest absolute Gasteiger partial charge is 0.332 e. The molecule has 0 saturated carbocycles. The molecular weight excluding hydrogens is 432 g/mol. The number of Topliss-reactive ketones (excluding diaryl/α,β-unsaturated/α-hetero) is 1. The molecule has 158 valence electrons. The third kappa shape index (κ3) is 6.06. The minimum absolute atomic E-state index is 0.116. The standard InChI is InChI=1S/C27H22N2OS2/c30-26(22-13-11-21(12-14-22)20-7-3-1-4-8-20)19-32-25-17-15-24(16-18-25)29-27(31)28-23-9-5-2-6-10-23/h1-18H,19H2,(H2,28,29,31). The van der Waals surface area contributed by atoms with Crippen LogP contribution in [-0.2, 0) is 0 Å². The minimum Gasteiger partial charge on any atom is -0.332 e. The van der Waals surface area contributed by atoms with Crippen LogP contribution in [-0.4, -0.2) is 16.6 Å². The third-order valence-electron chi connectivity index (χ3n) is 4.83.